The SMILES string of the molecule is Cc1ccc(OCCCCNC(=O)C(N)c2ccccc2)cc1. The number of carbonyl (C=O) groups is 1. The highest BCUT2D eigenvalue weighted by Gasteiger charge is 2.14. The number of rotatable bonds is 8. The second-order valence-electron chi connectivity index (χ2n) is 5.55. The average Bonchev–Trinajstić information content (AvgIpc) is 2.59. The van der Waals surface area contributed by atoms with Crippen LogP contribution < -0.4 is 15.8 Å². The fraction of sp³-hybridized carbons (Fsp3) is 0.316. The quantitative estimate of drug-likeness (QED) is 0.737. The first-order chi connectivity index (χ1) is 11.2. The van der Waals surface area contributed by atoms with Crippen LogP contribution in [0.3, 0.4) is 0 Å². The van der Waals surface area contributed by atoms with Crippen LogP contribution in [0.4, 0.5) is 0 Å². The van der Waals surface area contributed by atoms with Gasteiger partial charge in [0.05, 0.1) is 6.61 Å². The maximum absolute atomic E-state index is 12.0. The number of nitrogens with two attached hydrogens (primary N) is 1. The molecule has 1 amide bonds. The van der Waals surface area contributed by atoms with Crippen molar-refractivity contribution in [3.63, 3.8) is 0 Å². The number of hydrogen-bond donors (Lipinski definition) is 2. The van der Waals surface area contributed by atoms with E-state index in [9.17, 15) is 4.79 Å². The zero-order valence-electron chi connectivity index (χ0n) is 13.5. The highest BCUT2D eigenvalue weighted by molar-refractivity contribution is 5.82. The van der Waals surface area contributed by atoms with E-state index in [1.807, 2.05) is 61.5 Å². The summed E-state index contributed by atoms with van der Waals surface area (Å²) in [6.07, 6.45) is 1.74. The lowest BCUT2D eigenvalue weighted by atomic mass is 10.1. The van der Waals surface area contributed by atoms with Gasteiger partial charge in [0.1, 0.15) is 11.8 Å². The molecule has 1 unspecified atom stereocenters. The molecule has 23 heavy (non-hydrogen) atoms. The minimum absolute atomic E-state index is 0.143. The zero-order valence-corrected chi connectivity index (χ0v) is 13.5. The van der Waals surface area contributed by atoms with Crippen molar-refractivity contribution in [1.82, 2.24) is 5.32 Å². The molecule has 0 aliphatic heterocycles. The predicted molar refractivity (Wildman–Crippen MR) is 92.3 cm³/mol. The molecule has 4 heteroatoms. The van der Waals surface area contributed by atoms with Crippen molar-refractivity contribution >= 4 is 5.91 Å². The summed E-state index contributed by atoms with van der Waals surface area (Å²) in [7, 11) is 0. The van der Waals surface area contributed by atoms with Crippen LogP contribution in [0, 0.1) is 6.92 Å². The minimum atomic E-state index is -0.611. The van der Waals surface area contributed by atoms with E-state index in [2.05, 4.69) is 5.32 Å². The lowest BCUT2D eigenvalue weighted by Gasteiger charge is -2.12. The Hall–Kier alpha value is -2.33. The molecule has 122 valence electrons. The fourth-order valence-corrected chi connectivity index (χ4v) is 2.18. The van der Waals surface area contributed by atoms with E-state index in [1.165, 1.54) is 5.56 Å². The molecule has 0 aliphatic carbocycles. The normalized spacial score (nSPS) is 11.7. The first kappa shape index (κ1) is 17.0. The highest BCUT2D eigenvalue weighted by Crippen LogP contribution is 2.12. The second-order valence-corrected chi connectivity index (χ2v) is 5.55. The van der Waals surface area contributed by atoms with Gasteiger partial charge in [-0.15, -0.1) is 0 Å². The van der Waals surface area contributed by atoms with Gasteiger partial charge in [-0.25, -0.2) is 0 Å². The Morgan fingerprint density at radius 1 is 1.09 bits per heavy atom. The zero-order chi connectivity index (χ0) is 16.5. The van der Waals surface area contributed by atoms with Gasteiger partial charge < -0.3 is 15.8 Å². The molecule has 2 aromatic carbocycles. The van der Waals surface area contributed by atoms with E-state index in [-0.39, 0.29) is 5.91 Å². The van der Waals surface area contributed by atoms with Gasteiger partial charge in [-0.05, 0) is 37.5 Å². The van der Waals surface area contributed by atoms with E-state index in [0.29, 0.717) is 13.2 Å². The summed E-state index contributed by atoms with van der Waals surface area (Å²) in [6, 6.07) is 16.8. The van der Waals surface area contributed by atoms with Gasteiger partial charge in [-0.3, -0.25) is 4.79 Å². The van der Waals surface area contributed by atoms with Crippen LogP contribution >= 0.6 is 0 Å². The lowest BCUT2D eigenvalue weighted by Crippen LogP contribution is -2.34. The van der Waals surface area contributed by atoms with Gasteiger partial charge in [-0.2, -0.15) is 0 Å². The van der Waals surface area contributed by atoms with E-state index < -0.39 is 6.04 Å². The summed E-state index contributed by atoms with van der Waals surface area (Å²) < 4.78 is 5.65. The maximum Gasteiger partial charge on any atom is 0.241 e. The number of ether oxygens (including phenoxy) is 1. The predicted octanol–water partition coefficient (Wildman–Crippen LogP) is 2.97. The molecular weight excluding hydrogens is 288 g/mol. The number of benzene rings is 2. The molecule has 2 rings (SSSR count). The summed E-state index contributed by atoms with van der Waals surface area (Å²) in [5, 5.41) is 2.87. The first-order valence-electron chi connectivity index (χ1n) is 7.94. The molecule has 0 radical (unpaired) electrons. The number of amides is 1. The largest absolute Gasteiger partial charge is 0.494 e. The van der Waals surface area contributed by atoms with Crippen molar-refractivity contribution in [2.45, 2.75) is 25.8 Å². The van der Waals surface area contributed by atoms with Crippen LogP contribution in [-0.2, 0) is 4.79 Å². The van der Waals surface area contributed by atoms with Crippen molar-refractivity contribution in [3.8, 4) is 5.75 Å². The number of unbranched alkanes of at least 4 members (excludes halogenated alkanes) is 1. The van der Waals surface area contributed by atoms with Crippen molar-refractivity contribution in [2.75, 3.05) is 13.2 Å². The van der Waals surface area contributed by atoms with Crippen molar-refractivity contribution in [1.29, 1.82) is 0 Å². The van der Waals surface area contributed by atoms with Crippen LogP contribution in [0.15, 0.2) is 54.6 Å². The van der Waals surface area contributed by atoms with Crippen molar-refractivity contribution in [2.24, 2.45) is 5.73 Å². The third-order valence-corrected chi connectivity index (χ3v) is 3.60. The minimum Gasteiger partial charge on any atom is -0.494 e. The second kappa shape index (κ2) is 8.96. The number of hydrogen-bond acceptors (Lipinski definition) is 3. The molecule has 3 N–H and O–H groups in total. The summed E-state index contributed by atoms with van der Waals surface area (Å²) in [6.45, 7) is 3.30. The number of nitrogens with one attached hydrogen (secondary N) is 1. The summed E-state index contributed by atoms with van der Waals surface area (Å²) in [4.78, 5) is 12.0. The Labute approximate surface area is 137 Å². The summed E-state index contributed by atoms with van der Waals surface area (Å²) >= 11 is 0. The summed E-state index contributed by atoms with van der Waals surface area (Å²) in [5.41, 5.74) is 7.97. The molecular formula is C19H24N2O2. The van der Waals surface area contributed by atoms with Gasteiger partial charge >= 0.3 is 0 Å². The maximum atomic E-state index is 12.0. The van der Waals surface area contributed by atoms with Gasteiger partial charge in [0.25, 0.3) is 0 Å². The van der Waals surface area contributed by atoms with Crippen LogP contribution in [0.5, 0.6) is 5.75 Å². The molecule has 0 fully saturated rings. The fourth-order valence-electron chi connectivity index (χ4n) is 2.18. The van der Waals surface area contributed by atoms with Crippen molar-refractivity contribution < 1.29 is 9.53 Å². The molecule has 0 aromatic heterocycles. The molecule has 2 aromatic rings. The molecule has 0 aliphatic rings. The molecule has 0 spiro atoms. The van der Waals surface area contributed by atoms with Crippen molar-refractivity contribution in [3.05, 3.63) is 65.7 Å². The van der Waals surface area contributed by atoms with Crippen LogP contribution in [0.25, 0.3) is 0 Å². The molecule has 0 saturated heterocycles. The number of carbonyl (C=O) groups excluding carboxylic acids is 1. The highest BCUT2D eigenvalue weighted by atomic mass is 16.5. The van der Waals surface area contributed by atoms with E-state index in [0.717, 1.165) is 24.2 Å². The molecule has 1 atom stereocenters. The van der Waals surface area contributed by atoms with Crippen LogP contribution in [0.2, 0.25) is 0 Å². The summed E-state index contributed by atoms with van der Waals surface area (Å²) in [5.74, 6) is 0.737. The Bertz CT molecular complexity index is 597. The third kappa shape index (κ3) is 5.75. The standard InChI is InChI=1S/C19H24N2O2/c1-15-9-11-17(12-10-15)23-14-6-5-13-21-19(22)18(20)16-7-3-2-4-8-16/h2-4,7-12,18H,5-6,13-14,20H2,1H3,(H,21,22). The monoisotopic (exact) mass is 312 g/mol. The molecule has 0 heterocycles. The Morgan fingerprint density at radius 3 is 2.48 bits per heavy atom. The van der Waals surface area contributed by atoms with Gasteiger partial charge in [0.15, 0.2) is 0 Å². The van der Waals surface area contributed by atoms with Gasteiger partial charge in [0.2, 0.25) is 5.91 Å². The Morgan fingerprint density at radius 2 is 1.78 bits per heavy atom. The van der Waals surface area contributed by atoms with Crippen LogP contribution in [0.1, 0.15) is 30.0 Å². The van der Waals surface area contributed by atoms with E-state index >= 15 is 0 Å². The lowest BCUT2D eigenvalue weighted by molar-refractivity contribution is -0.122. The van der Waals surface area contributed by atoms with Gasteiger partial charge in [-0.1, -0.05) is 48.0 Å². The number of aryl methyl sites for hydroxylation is 1. The Kier molecular flexibility index (Phi) is 6.63. The molecule has 0 saturated carbocycles. The third-order valence-electron chi connectivity index (χ3n) is 3.60. The first-order valence-corrected chi connectivity index (χ1v) is 7.94. The van der Waals surface area contributed by atoms with E-state index in [1.54, 1.807) is 0 Å². The average molecular weight is 312 g/mol. The smallest absolute Gasteiger partial charge is 0.241 e. The van der Waals surface area contributed by atoms with Gasteiger partial charge in [0, 0.05) is 6.54 Å². The van der Waals surface area contributed by atoms with E-state index in [4.69, 9.17) is 10.5 Å². The topological polar surface area (TPSA) is 64.3 Å². The van der Waals surface area contributed by atoms with Crippen LogP contribution in [-0.4, -0.2) is 19.1 Å². The molecule has 4 nitrogen and oxygen atoms in total. The molecule has 0 bridgehead atoms. The Balaban J connectivity index is 1.60.